The molecule has 0 amide bonds. The lowest BCUT2D eigenvalue weighted by molar-refractivity contribution is -0.154. The van der Waals surface area contributed by atoms with Crippen LogP contribution in [-0.2, 0) is 29.5 Å². The molecule has 0 saturated carbocycles. The highest BCUT2D eigenvalue weighted by Gasteiger charge is 2.18. The van der Waals surface area contributed by atoms with Crippen molar-refractivity contribution in [1.82, 2.24) is 0 Å². The van der Waals surface area contributed by atoms with Gasteiger partial charge in [-0.25, -0.2) is 8.42 Å². The first kappa shape index (κ1) is 27.5. The number of benzene rings is 2. The molecule has 0 aliphatic heterocycles. The minimum Gasteiger partial charge on any atom is -0.460 e. The molecule has 0 heterocycles. The summed E-state index contributed by atoms with van der Waals surface area (Å²) in [6.07, 6.45) is 1.23. The standard InChI is InChI=1S/C15H21NO4S.C7H8O3S/c1-15(2,3)20-14(17)11-12(16)9-10-21(18,19)13-7-5-4-6-8-13;1-6-2-4-7(5-3-6)11(8,9)10/h4-10,12H,11,16H2,1-3H3;2-5H,1H3,(H,8,9,10)/t12-;/m1./s1. The molecule has 3 N–H and O–H groups in total. The fourth-order valence-electron chi connectivity index (χ4n) is 2.25. The molecule has 0 aliphatic rings. The van der Waals surface area contributed by atoms with Crippen LogP contribution in [0.2, 0.25) is 0 Å². The highest BCUT2D eigenvalue weighted by Crippen LogP contribution is 2.13. The van der Waals surface area contributed by atoms with Gasteiger partial charge in [-0.05, 0) is 52.0 Å². The molecule has 2 rings (SSSR count). The predicted molar refractivity (Wildman–Crippen MR) is 122 cm³/mol. The highest BCUT2D eigenvalue weighted by atomic mass is 32.2. The first-order valence-corrected chi connectivity index (χ1v) is 12.6. The number of nitrogens with two attached hydrogens (primary N) is 1. The summed E-state index contributed by atoms with van der Waals surface area (Å²) in [4.78, 5) is 11.7. The minimum atomic E-state index is -4.02. The van der Waals surface area contributed by atoms with Gasteiger partial charge in [-0.15, -0.1) is 0 Å². The summed E-state index contributed by atoms with van der Waals surface area (Å²) in [5.74, 6) is -0.461. The van der Waals surface area contributed by atoms with Crippen LogP contribution in [0.25, 0.3) is 0 Å². The molecule has 32 heavy (non-hydrogen) atoms. The lowest BCUT2D eigenvalue weighted by atomic mass is 10.2. The number of hydrogen-bond acceptors (Lipinski definition) is 7. The molecule has 176 valence electrons. The molecule has 0 radical (unpaired) electrons. The average Bonchev–Trinajstić information content (AvgIpc) is 2.66. The monoisotopic (exact) mass is 483 g/mol. The van der Waals surface area contributed by atoms with Crippen molar-refractivity contribution in [3.8, 4) is 0 Å². The Morgan fingerprint density at radius 2 is 1.53 bits per heavy atom. The van der Waals surface area contributed by atoms with E-state index >= 15 is 0 Å². The van der Waals surface area contributed by atoms with Gasteiger partial charge in [0.25, 0.3) is 10.1 Å². The van der Waals surface area contributed by atoms with Crippen LogP contribution < -0.4 is 5.73 Å². The molecule has 10 heteroatoms. The number of ether oxygens (including phenoxy) is 1. The van der Waals surface area contributed by atoms with Crippen LogP contribution in [0.5, 0.6) is 0 Å². The van der Waals surface area contributed by atoms with Crippen LogP contribution in [0.4, 0.5) is 0 Å². The summed E-state index contributed by atoms with van der Waals surface area (Å²) < 4.78 is 58.7. The Hall–Kier alpha value is -2.53. The van der Waals surface area contributed by atoms with Gasteiger partial charge in [0.05, 0.1) is 16.2 Å². The minimum absolute atomic E-state index is 0.0666. The maximum Gasteiger partial charge on any atom is 0.308 e. The molecule has 0 aromatic heterocycles. The summed E-state index contributed by atoms with van der Waals surface area (Å²) in [5.41, 5.74) is 6.10. The molecular weight excluding hydrogens is 454 g/mol. The van der Waals surface area contributed by atoms with Gasteiger partial charge in [-0.2, -0.15) is 8.42 Å². The molecule has 0 fully saturated rings. The van der Waals surface area contributed by atoms with Gasteiger partial charge in [0.2, 0.25) is 0 Å². The van der Waals surface area contributed by atoms with Crippen molar-refractivity contribution in [2.45, 2.75) is 55.5 Å². The molecule has 1 atom stereocenters. The Bertz CT molecular complexity index is 1120. The van der Waals surface area contributed by atoms with Crippen LogP contribution in [0.15, 0.2) is 75.9 Å². The van der Waals surface area contributed by atoms with E-state index in [1.807, 2.05) is 6.92 Å². The smallest absolute Gasteiger partial charge is 0.308 e. The molecule has 0 spiro atoms. The van der Waals surface area contributed by atoms with Crippen molar-refractivity contribution in [3.05, 3.63) is 71.6 Å². The topological polar surface area (TPSA) is 141 Å². The van der Waals surface area contributed by atoms with Gasteiger partial charge in [0.15, 0.2) is 9.84 Å². The fraction of sp³-hybridized carbons (Fsp3) is 0.318. The first-order valence-electron chi connectivity index (χ1n) is 9.60. The summed E-state index contributed by atoms with van der Waals surface area (Å²) in [6, 6.07) is 13.3. The zero-order valence-corrected chi connectivity index (χ0v) is 20.1. The van der Waals surface area contributed by atoms with Crippen molar-refractivity contribution in [2.24, 2.45) is 5.73 Å². The van der Waals surface area contributed by atoms with E-state index in [1.165, 1.54) is 30.3 Å². The number of sulfone groups is 1. The van der Waals surface area contributed by atoms with Gasteiger partial charge >= 0.3 is 5.97 Å². The number of rotatable bonds is 6. The van der Waals surface area contributed by atoms with Crippen LogP contribution in [-0.4, -0.2) is 39.0 Å². The van der Waals surface area contributed by atoms with E-state index in [2.05, 4.69) is 0 Å². The first-order chi connectivity index (χ1) is 14.6. The third-order valence-electron chi connectivity index (χ3n) is 3.72. The number of esters is 1. The van der Waals surface area contributed by atoms with Gasteiger partial charge in [0.1, 0.15) is 5.60 Å². The Morgan fingerprint density at radius 1 is 1.00 bits per heavy atom. The maximum atomic E-state index is 12.0. The van der Waals surface area contributed by atoms with E-state index < -0.39 is 37.6 Å². The maximum absolute atomic E-state index is 12.0. The third-order valence-corrected chi connectivity index (χ3v) is 6.03. The molecule has 8 nitrogen and oxygen atoms in total. The van der Waals surface area contributed by atoms with Crippen molar-refractivity contribution in [1.29, 1.82) is 0 Å². The summed E-state index contributed by atoms with van der Waals surface area (Å²) in [5, 5.41) is 1.03. The molecule has 0 saturated heterocycles. The number of aryl methyl sites for hydroxylation is 1. The molecule has 0 aliphatic carbocycles. The molecule has 2 aromatic carbocycles. The largest absolute Gasteiger partial charge is 0.460 e. The molecule has 0 bridgehead atoms. The zero-order chi connectivity index (χ0) is 24.6. The Balaban J connectivity index is 0.000000389. The zero-order valence-electron chi connectivity index (χ0n) is 18.4. The second kappa shape index (κ2) is 11.4. The second-order valence-corrected chi connectivity index (χ2v) is 11.2. The van der Waals surface area contributed by atoms with Crippen LogP contribution >= 0.6 is 0 Å². The van der Waals surface area contributed by atoms with Crippen molar-refractivity contribution in [2.75, 3.05) is 0 Å². The van der Waals surface area contributed by atoms with Crippen molar-refractivity contribution < 1.29 is 30.9 Å². The third kappa shape index (κ3) is 10.7. The van der Waals surface area contributed by atoms with E-state index in [0.717, 1.165) is 11.0 Å². The predicted octanol–water partition coefficient (Wildman–Crippen LogP) is 3.27. The molecule has 2 aromatic rings. The molecular formula is C22H29NO7S2. The normalized spacial score (nSPS) is 13.2. The Kier molecular flexibility index (Phi) is 9.77. The van der Waals surface area contributed by atoms with Gasteiger partial charge in [-0.3, -0.25) is 9.35 Å². The van der Waals surface area contributed by atoms with E-state index in [4.69, 9.17) is 15.0 Å². The summed E-state index contributed by atoms with van der Waals surface area (Å²) in [6.45, 7) is 7.11. The van der Waals surface area contributed by atoms with Crippen LogP contribution in [0.3, 0.4) is 0 Å². The summed E-state index contributed by atoms with van der Waals surface area (Å²) >= 11 is 0. The molecule has 0 unspecified atom stereocenters. The van der Waals surface area contributed by atoms with Crippen LogP contribution in [0.1, 0.15) is 32.8 Å². The number of hydrogen-bond donors (Lipinski definition) is 2. The van der Waals surface area contributed by atoms with E-state index in [1.54, 1.807) is 51.1 Å². The SMILES string of the molecule is CC(C)(C)OC(=O)C[C@H](N)C=CS(=O)(=O)c1ccccc1.Cc1ccc(S(=O)(=O)O)cc1. The summed E-state index contributed by atoms with van der Waals surface area (Å²) in [7, 11) is -7.56. The van der Waals surface area contributed by atoms with Gasteiger partial charge in [0, 0.05) is 11.4 Å². The van der Waals surface area contributed by atoms with Gasteiger partial charge in [-0.1, -0.05) is 42.0 Å². The van der Waals surface area contributed by atoms with E-state index in [-0.39, 0.29) is 16.2 Å². The van der Waals surface area contributed by atoms with E-state index in [9.17, 15) is 21.6 Å². The number of carbonyl (C=O) groups excluding carboxylic acids is 1. The Morgan fingerprint density at radius 3 is 2.00 bits per heavy atom. The second-order valence-electron chi connectivity index (χ2n) is 7.93. The van der Waals surface area contributed by atoms with Crippen molar-refractivity contribution >= 4 is 25.9 Å². The van der Waals surface area contributed by atoms with Gasteiger partial charge < -0.3 is 10.5 Å². The lowest BCUT2D eigenvalue weighted by Gasteiger charge is -2.20. The van der Waals surface area contributed by atoms with Crippen molar-refractivity contribution in [3.63, 3.8) is 0 Å². The van der Waals surface area contributed by atoms with E-state index in [0.29, 0.717) is 0 Å². The Labute approximate surface area is 189 Å². The lowest BCUT2D eigenvalue weighted by Crippen LogP contribution is -2.29. The quantitative estimate of drug-likeness (QED) is 0.471. The number of carbonyl (C=O) groups is 1. The van der Waals surface area contributed by atoms with Crippen LogP contribution in [0, 0.1) is 6.92 Å². The highest BCUT2D eigenvalue weighted by molar-refractivity contribution is 7.94. The fourth-order valence-corrected chi connectivity index (χ4v) is 3.83. The average molecular weight is 484 g/mol.